The standard InChI is InChI=1S/C25H27N5O4S/c1-15-12-23(16(2)11-22(15)33-6)35(31,32)29-20-7-9-21(10-8-20)34-25-13-24(27-19(5)28-25)30-14-26-17(3)18(30)4/h7-14,29H,1-6H3. The predicted octanol–water partition coefficient (Wildman–Crippen LogP) is 4.81. The van der Waals surface area contributed by atoms with Crippen molar-refractivity contribution in [1.29, 1.82) is 0 Å². The van der Waals surface area contributed by atoms with Gasteiger partial charge in [-0.25, -0.2) is 18.4 Å². The van der Waals surface area contributed by atoms with Crippen molar-refractivity contribution in [2.75, 3.05) is 11.8 Å². The first kappa shape index (κ1) is 24.2. The summed E-state index contributed by atoms with van der Waals surface area (Å²) >= 11 is 0. The first-order valence-corrected chi connectivity index (χ1v) is 12.4. The van der Waals surface area contributed by atoms with Gasteiger partial charge in [-0.3, -0.25) is 9.29 Å². The van der Waals surface area contributed by atoms with Gasteiger partial charge >= 0.3 is 0 Å². The summed E-state index contributed by atoms with van der Waals surface area (Å²) in [5, 5.41) is 0. The maximum atomic E-state index is 13.0. The molecule has 182 valence electrons. The van der Waals surface area contributed by atoms with E-state index in [0.29, 0.717) is 40.3 Å². The average molecular weight is 494 g/mol. The van der Waals surface area contributed by atoms with Crippen LogP contribution in [0.4, 0.5) is 5.69 Å². The van der Waals surface area contributed by atoms with Gasteiger partial charge in [-0.2, -0.15) is 4.98 Å². The zero-order valence-electron chi connectivity index (χ0n) is 20.4. The number of sulfonamides is 1. The van der Waals surface area contributed by atoms with E-state index in [1.807, 2.05) is 18.4 Å². The number of ether oxygens (including phenoxy) is 2. The molecule has 0 aliphatic heterocycles. The van der Waals surface area contributed by atoms with Gasteiger partial charge in [0, 0.05) is 17.4 Å². The summed E-state index contributed by atoms with van der Waals surface area (Å²) in [5.74, 6) is 2.73. The van der Waals surface area contributed by atoms with Crippen molar-refractivity contribution in [3.63, 3.8) is 0 Å². The van der Waals surface area contributed by atoms with E-state index < -0.39 is 10.0 Å². The second-order valence-corrected chi connectivity index (χ2v) is 9.87. The molecule has 1 N–H and O–H groups in total. The summed E-state index contributed by atoms with van der Waals surface area (Å²) in [5.41, 5.74) is 3.64. The molecule has 9 nitrogen and oxygen atoms in total. The minimum absolute atomic E-state index is 0.199. The van der Waals surface area contributed by atoms with E-state index in [2.05, 4.69) is 19.7 Å². The van der Waals surface area contributed by atoms with Crippen LogP contribution in [0.5, 0.6) is 17.4 Å². The molecule has 2 aromatic carbocycles. The third kappa shape index (κ3) is 5.12. The molecule has 10 heteroatoms. The Morgan fingerprint density at radius 3 is 2.26 bits per heavy atom. The molecule has 0 saturated heterocycles. The number of hydrogen-bond acceptors (Lipinski definition) is 7. The molecular formula is C25H27N5O4S. The molecule has 0 spiro atoms. The van der Waals surface area contributed by atoms with E-state index in [0.717, 1.165) is 17.0 Å². The van der Waals surface area contributed by atoms with Crippen LogP contribution in [0.2, 0.25) is 0 Å². The van der Waals surface area contributed by atoms with E-state index in [-0.39, 0.29) is 4.90 Å². The number of nitrogens with zero attached hydrogens (tertiary/aromatic N) is 4. The Balaban J connectivity index is 1.53. The maximum Gasteiger partial charge on any atom is 0.262 e. The summed E-state index contributed by atoms with van der Waals surface area (Å²) in [4.78, 5) is 13.3. The molecule has 4 aromatic rings. The second-order valence-electron chi connectivity index (χ2n) is 8.22. The lowest BCUT2D eigenvalue weighted by atomic mass is 10.1. The van der Waals surface area contributed by atoms with E-state index in [4.69, 9.17) is 9.47 Å². The van der Waals surface area contributed by atoms with Crippen LogP contribution in [0.25, 0.3) is 5.82 Å². The van der Waals surface area contributed by atoms with Crippen LogP contribution in [0.15, 0.2) is 53.7 Å². The molecule has 0 unspecified atom stereocenters. The van der Waals surface area contributed by atoms with Gasteiger partial charge in [0.25, 0.3) is 10.0 Å². The SMILES string of the molecule is COc1cc(C)c(S(=O)(=O)Nc2ccc(Oc3cc(-n4cnc(C)c4C)nc(C)n3)cc2)cc1C. The van der Waals surface area contributed by atoms with Crippen LogP contribution >= 0.6 is 0 Å². The van der Waals surface area contributed by atoms with Crippen LogP contribution in [0.3, 0.4) is 0 Å². The molecule has 0 bridgehead atoms. The van der Waals surface area contributed by atoms with Gasteiger partial charge in [-0.05, 0) is 82.1 Å². The molecule has 2 aromatic heterocycles. The summed E-state index contributed by atoms with van der Waals surface area (Å²) < 4.78 is 41.7. The normalized spacial score (nSPS) is 11.4. The zero-order chi connectivity index (χ0) is 25.3. The quantitative estimate of drug-likeness (QED) is 0.394. The zero-order valence-corrected chi connectivity index (χ0v) is 21.3. The molecule has 0 aliphatic rings. The van der Waals surface area contributed by atoms with E-state index in [9.17, 15) is 8.42 Å². The number of nitrogens with one attached hydrogen (secondary N) is 1. The van der Waals surface area contributed by atoms with Crippen molar-refractivity contribution in [1.82, 2.24) is 19.5 Å². The molecule has 0 amide bonds. The number of anilines is 1. The summed E-state index contributed by atoms with van der Waals surface area (Å²) in [7, 11) is -2.23. The molecule has 0 saturated carbocycles. The van der Waals surface area contributed by atoms with Gasteiger partial charge in [0.05, 0.1) is 17.7 Å². The first-order valence-electron chi connectivity index (χ1n) is 10.9. The lowest BCUT2D eigenvalue weighted by Crippen LogP contribution is -2.14. The van der Waals surface area contributed by atoms with Crippen molar-refractivity contribution in [3.8, 4) is 23.2 Å². The fourth-order valence-corrected chi connectivity index (χ4v) is 5.00. The summed E-state index contributed by atoms with van der Waals surface area (Å²) in [6.45, 7) is 9.23. The molecule has 0 fully saturated rings. The van der Waals surface area contributed by atoms with Crippen molar-refractivity contribution in [2.24, 2.45) is 0 Å². The highest BCUT2D eigenvalue weighted by Crippen LogP contribution is 2.28. The Bertz CT molecular complexity index is 1500. The number of hydrogen-bond donors (Lipinski definition) is 1. The highest BCUT2D eigenvalue weighted by atomic mass is 32.2. The lowest BCUT2D eigenvalue weighted by Gasteiger charge is -2.14. The predicted molar refractivity (Wildman–Crippen MR) is 133 cm³/mol. The molecular weight excluding hydrogens is 466 g/mol. The lowest BCUT2D eigenvalue weighted by molar-refractivity contribution is 0.411. The molecule has 2 heterocycles. The van der Waals surface area contributed by atoms with Crippen molar-refractivity contribution in [3.05, 3.63) is 77.1 Å². The maximum absolute atomic E-state index is 13.0. The Morgan fingerprint density at radius 1 is 0.914 bits per heavy atom. The first-order chi connectivity index (χ1) is 16.6. The molecule has 0 aliphatic carbocycles. The van der Waals surface area contributed by atoms with Crippen LogP contribution < -0.4 is 14.2 Å². The monoisotopic (exact) mass is 493 g/mol. The van der Waals surface area contributed by atoms with Gasteiger partial charge in [0.1, 0.15) is 29.5 Å². The minimum Gasteiger partial charge on any atom is -0.496 e. The van der Waals surface area contributed by atoms with E-state index in [1.165, 1.54) is 0 Å². The minimum atomic E-state index is -3.78. The third-order valence-electron chi connectivity index (χ3n) is 5.61. The number of aromatic nitrogens is 4. The van der Waals surface area contributed by atoms with Crippen LogP contribution in [0, 0.1) is 34.6 Å². The molecule has 35 heavy (non-hydrogen) atoms. The largest absolute Gasteiger partial charge is 0.496 e. The Hall–Kier alpha value is -3.92. The van der Waals surface area contributed by atoms with E-state index >= 15 is 0 Å². The van der Waals surface area contributed by atoms with Crippen molar-refractivity contribution < 1.29 is 17.9 Å². The molecule has 4 rings (SSSR count). The fourth-order valence-electron chi connectivity index (χ4n) is 3.63. The third-order valence-corrected chi connectivity index (χ3v) is 7.13. The van der Waals surface area contributed by atoms with Gasteiger partial charge in [-0.15, -0.1) is 0 Å². The smallest absolute Gasteiger partial charge is 0.262 e. The molecule has 0 radical (unpaired) electrons. The Labute approximate surface area is 204 Å². The summed E-state index contributed by atoms with van der Waals surface area (Å²) in [6.07, 6.45) is 1.71. The van der Waals surface area contributed by atoms with Crippen LogP contribution in [-0.4, -0.2) is 35.0 Å². The number of methoxy groups -OCH3 is 1. The van der Waals surface area contributed by atoms with Gasteiger partial charge in [0.15, 0.2) is 0 Å². The van der Waals surface area contributed by atoms with E-state index in [1.54, 1.807) is 76.7 Å². The second kappa shape index (κ2) is 9.38. The molecule has 0 atom stereocenters. The Morgan fingerprint density at radius 2 is 1.63 bits per heavy atom. The Kier molecular flexibility index (Phi) is 6.49. The van der Waals surface area contributed by atoms with Gasteiger partial charge in [-0.1, -0.05) is 0 Å². The number of imidazole rings is 1. The summed E-state index contributed by atoms with van der Waals surface area (Å²) in [6, 6.07) is 11.7. The van der Waals surface area contributed by atoms with Crippen LogP contribution in [-0.2, 0) is 10.0 Å². The van der Waals surface area contributed by atoms with Crippen molar-refractivity contribution >= 4 is 15.7 Å². The average Bonchev–Trinajstić information content (AvgIpc) is 3.14. The van der Waals surface area contributed by atoms with Crippen LogP contribution in [0.1, 0.15) is 28.3 Å². The fraction of sp³-hybridized carbons (Fsp3) is 0.240. The number of rotatable bonds is 7. The topological polar surface area (TPSA) is 108 Å². The van der Waals surface area contributed by atoms with Gasteiger partial charge < -0.3 is 9.47 Å². The number of benzene rings is 2. The number of aryl methyl sites for hydroxylation is 4. The highest BCUT2D eigenvalue weighted by Gasteiger charge is 2.19. The highest BCUT2D eigenvalue weighted by molar-refractivity contribution is 7.92. The van der Waals surface area contributed by atoms with Crippen molar-refractivity contribution in [2.45, 2.75) is 39.5 Å². The van der Waals surface area contributed by atoms with Gasteiger partial charge in [0.2, 0.25) is 5.88 Å².